The Bertz CT molecular complexity index is 1900. The summed E-state index contributed by atoms with van der Waals surface area (Å²) in [7, 11) is 1.70. The topological polar surface area (TPSA) is 130 Å². The number of aliphatic hydroxyl groups excluding tert-OH is 1. The van der Waals surface area contributed by atoms with Crippen LogP contribution in [-0.2, 0) is 31.4 Å². The molecule has 0 aromatic carbocycles. The fraction of sp³-hybridized carbons (Fsp3) is 0.429. The fourth-order valence-electron chi connectivity index (χ4n) is 7.58. The van der Waals surface area contributed by atoms with E-state index in [0.29, 0.717) is 51.5 Å². The molecule has 4 aliphatic rings. The molecule has 12 nitrogen and oxygen atoms in total. The van der Waals surface area contributed by atoms with Gasteiger partial charge >= 0.3 is 0 Å². The summed E-state index contributed by atoms with van der Waals surface area (Å²) in [4.78, 5) is 41.0. The Kier molecular flexibility index (Phi) is 7.58. The molecule has 0 radical (unpaired) electrons. The predicted molar refractivity (Wildman–Crippen MR) is 179 cm³/mol. The van der Waals surface area contributed by atoms with Gasteiger partial charge in [-0.3, -0.25) is 19.5 Å². The number of fused-ring (bicyclic) bond motifs is 3. The van der Waals surface area contributed by atoms with E-state index >= 15 is 0 Å². The molecule has 2 saturated heterocycles. The number of aromatic nitrogens is 4. The van der Waals surface area contributed by atoms with Crippen LogP contribution in [0.15, 0.2) is 53.7 Å². The quantitative estimate of drug-likeness (QED) is 0.277. The smallest absolute Gasteiger partial charge is 0.274 e. The summed E-state index contributed by atoms with van der Waals surface area (Å²) in [5.74, 6) is 1.37. The third-order valence-corrected chi connectivity index (χ3v) is 10.2. The lowest BCUT2D eigenvalue weighted by atomic mass is 9.95. The van der Waals surface area contributed by atoms with Gasteiger partial charge in [-0.2, -0.15) is 0 Å². The van der Waals surface area contributed by atoms with Gasteiger partial charge in [0.15, 0.2) is 5.78 Å². The Morgan fingerprint density at radius 3 is 2.68 bits per heavy atom. The Balaban J connectivity index is 1.04. The maximum absolute atomic E-state index is 13.6. The lowest BCUT2D eigenvalue weighted by Crippen LogP contribution is -2.59. The van der Waals surface area contributed by atoms with E-state index in [2.05, 4.69) is 41.9 Å². The molecule has 2 fully saturated rings. The molecule has 0 spiro atoms. The molecule has 4 aromatic heterocycles. The number of pyridine rings is 3. The Morgan fingerprint density at radius 2 is 1.94 bits per heavy atom. The first-order chi connectivity index (χ1) is 22.9. The highest BCUT2D eigenvalue weighted by Crippen LogP contribution is 2.40. The molecule has 8 rings (SSSR count). The second kappa shape index (κ2) is 11.9. The second-order valence-corrected chi connectivity index (χ2v) is 13.1. The van der Waals surface area contributed by atoms with E-state index in [1.807, 2.05) is 30.5 Å². The minimum absolute atomic E-state index is 0.0391. The summed E-state index contributed by atoms with van der Waals surface area (Å²) in [6.07, 6.45) is 8.43. The molecule has 0 aliphatic carbocycles. The molecule has 8 heterocycles. The van der Waals surface area contributed by atoms with Gasteiger partial charge in [0.1, 0.15) is 23.4 Å². The number of piperazine rings is 1. The maximum Gasteiger partial charge on any atom is 0.274 e. The van der Waals surface area contributed by atoms with Crippen molar-refractivity contribution in [2.45, 2.75) is 57.5 Å². The Hall–Kier alpha value is -4.52. The number of anilines is 4. The molecule has 3 N–H and O–H groups in total. The summed E-state index contributed by atoms with van der Waals surface area (Å²) < 4.78 is 9.10. The largest absolute Gasteiger partial charge is 0.392 e. The molecule has 4 aliphatic heterocycles. The van der Waals surface area contributed by atoms with Crippen molar-refractivity contribution >= 4 is 28.8 Å². The van der Waals surface area contributed by atoms with Crippen LogP contribution in [0, 0.1) is 0 Å². The van der Waals surface area contributed by atoms with Crippen LogP contribution in [0.4, 0.5) is 23.0 Å². The molecule has 0 bridgehead atoms. The van der Waals surface area contributed by atoms with Gasteiger partial charge in [0.05, 0.1) is 49.0 Å². The number of Topliss-reactive ketones (excluding diaryl/α,β-unsaturated/α-hetero) is 1. The van der Waals surface area contributed by atoms with Gasteiger partial charge in [-0.25, -0.2) is 4.98 Å². The van der Waals surface area contributed by atoms with Crippen molar-refractivity contribution in [3.63, 3.8) is 0 Å². The van der Waals surface area contributed by atoms with Crippen molar-refractivity contribution in [2.24, 2.45) is 7.05 Å². The summed E-state index contributed by atoms with van der Waals surface area (Å²) in [5.41, 5.74) is 5.54. The molecule has 244 valence electrons. The first-order valence-electron chi connectivity index (χ1n) is 16.5. The fourth-order valence-corrected chi connectivity index (χ4v) is 7.58. The third kappa shape index (κ3) is 5.20. The zero-order valence-electron chi connectivity index (χ0n) is 26.8. The van der Waals surface area contributed by atoms with Crippen LogP contribution in [0.3, 0.4) is 0 Å². The summed E-state index contributed by atoms with van der Waals surface area (Å²) >= 11 is 0. The third-order valence-electron chi connectivity index (χ3n) is 10.2. The van der Waals surface area contributed by atoms with Crippen LogP contribution in [0.1, 0.15) is 53.1 Å². The zero-order chi connectivity index (χ0) is 32.2. The average Bonchev–Trinajstić information content (AvgIpc) is 3.58. The molecule has 1 unspecified atom stereocenters. The first kappa shape index (κ1) is 29.9. The van der Waals surface area contributed by atoms with Gasteiger partial charge in [0.25, 0.3) is 5.56 Å². The van der Waals surface area contributed by atoms with E-state index in [4.69, 9.17) is 4.74 Å². The first-order valence-corrected chi connectivity index (χ1v) is 16.5. The normalized spacial score (nSPS) is 21.3. The zero-order valence-corrected chi connectivity index (χ0v) is 26.8. The number of nitrogens with one attached hydrogen (secondary N) is 2. The number of aliphatic hydroxyl groups is 1. The predicted octanol–water partition coefficient (Wildman–Crippen LogP) is 3.47. The monoisotopic (exact) mass is 636 g/mol. The number of hydrogen-bond acceptors (Lipinski definition) is 10. The molecule has 47 heavy (non-hydrogen) atoms. The number of ether oxygens (including phenoxy) is 1. The van der Waals surface area contributed by atoms with Crippen molar-refractivity contribution in [3.05, 3.63) is 81.8 Å². The highest BCUT2D eigenvalue weighted by atomic mass is 16.5. The minimum Gasteiger partial charge on any atom is -0.392 e. The Labute approximate surface area is 273 Å². The average molecular weight is 637 g/mol. The molecule has 4 aromatic rings. The molecule has 0 saturated carbocycles. The molecule has 0 amide bonds. The number of carbonyl (C=O) groups is 1. The standard InChI is InChI=1S/C35H40N8O4/c1-21-16-41(25-19-47-20-25)11-12-42(21)24-6-7-30(37-15-24)38-29-13-22(17-40(2)35(29)46)26-8-9-36-31(28(26)18-44)32-33(45)27-14-23-5-3-4-10-43(23)34(27)39-32/h6-9,13-15,17,21,25,32,39,44H,3-5,10-12,16,18-20H2,1-2H3,(H,37,38)/t21-,32?/m0/s1. The highest BCUT2D eigenvalue weighted by Gasteiger charge is 2.38. The van der Waals surface area contributed by atoms with Gasteiger partial charge in [0, 0.05) is 68.5 Å². The van der Waals surface area contributed by atoms with E-state index in [0.717, 1.165) is 70.2 Å². The number of carbonyl (C=O) groups excluding carboxylic acids is 1. The van der Waals surface area contributed by atoms with Crippen LogP contribution in [0.5, 0.6) is 0 Å². The van der Waals surface area contributed by atoms with E-state index in [-0.39, 0.29) is 17.9 Å². The van der Waals surface area contributed by atoms with Crippen LogP contribution in [0.25, 0.3) is 11.1 Å². The van der Waals surface area contributed by atoms with Crippen molar-refractivity contribution in [1.82, 2.24) is 24.0 Å². The van der Waals surface area contributed by atoms with Crippen molar-refractivity contribution in [2.75, 3.05) is 48.4 Å². The van der Waals surface area contributed by atoms with E-state index < -0.39 is 6.04 Å². The van der Waals surface area contributed by atoms with Gasteiger partial charge in [0.2, 0.25) is 0 Å². The van der Waals surface area contributed by atoms with E-state index in [1.54, 1.807) is 25.5 Å². The summed E-state index contributed by atoms with van der Waals surface area (Å²) in [5, 5.41) is 17.3. The van der Waals surface area contributed by atoms with Crippen molar-refractivity contribution in [1.29, 1.82) is 0 Å². The Morgan fingerprint density at radius 1 is 1.06 bits per heavy atom. The van der Waals surface area contributed by atoms with E-state index in [1.165, 1.54) is 10.3 Å². The van der Waals surface area contributed by atoms with Crippen LogP contribution < -0.4 is 21.1 Å². The van der Waals surface area contributed by atoms with Gasteiger partial charge in [-0.15, -0.1) is 0 Å². The van der Waals surface area contributed by atoms with Crippen LogP contribution >= 0.6 is 0 Å². The number of ketones is 1. The van der Waals surface area contributed by atoms with Gasteiger partial charge in [-0.1, -0.05) is 0 Å². The number of aryl methyl sites for hydroxylation is 2. The molecule has 2 atom stereocenters. The van der Waals surface area contributed by atoms with Gasteiger partial charge in [-0.05, 0) is 62.1 Å². The molecular formula is C35H40N8O4. The summed E-state index contributed by atoms with van der Waals surface area (Å²) in [6.45, 7) is 7.37. The van der Waals surface area contributed by atoms with Gasteiger partial charge < -0.3 is 34.5 Å². The lowest BCUT2D eigenvalue weighted by molar-refractivity contribution is -0.0691. The lowest BCUT2D eigenvalue weighted by Gasteiger charge is -2.46. The van der Waals surface area contributed by atoms with Crippen molar-refractivity contribution < 1.29 is 14.6 Å². The van der Waals surface area contributed by atoms with Crippen LogP contribution in [0.2, 0.25) is 0 Å². The number of hydrogen-bond donors (Lipinski definition) is 3. The minimum atomic E-state index is -0.687. The number of nitrogens with zero attached hydrogens (tertiary/aromatic N) is 6. The summed E-state index contributed by atoms with van der Waals surface area (Å²) in [6, 6.07) is 9.73. The van der Waals surface area contributed by atoms with Crippen molar-refractivity contribution in [3.8, 4) is 11.1 Å². The number of rotatable bonds is 7. The van der Waals surface area contributed by atoms with Crippen LogP contribution in [-0.4, -0.2) is 79.8 Å². The molecule has 12 heteroatoms. The molecular weight excluding hydrogens is 596 g/mol. The SMILES string of the molecule is C[C@H]1CN(C2COC2)CCN1c1ccc(Nc2cc(-c3ccnc(C4Nc5c(cc6n5CCCC6)C4=O)c3CO)cn(C)c2=O)nc1. The van der Waals surface area contributed by atoms with E-state index in [9.17, 15) is 14.7 Å². The maximum atomic E-state index is 13.6. The highest BCUT2D eigenvalue weighted by molar-refractivity contribution is 6.10. The second-order valence-electron chi connectivity index (χ2n) is 13.1.